The Morgan fingerprint density at radius 2 is 1.88 bits per heavy atom. The lowest BCUT2D eigenvalue weighted by Gasteiger charge is -2.28. The number of hydrogen-bond acceptors (Lipinski definition) is 4. The Bertz CT molecular complexity index is 286. The number of nitrogens with one attached hydrogen (secondary N) is 1. The molecule has 1 saturated carbocycles. The van der Waals surface area contributed by atoms with Crippen LogP contribution in [-0.2, 0) is 9.53 Å². The predicted octanol–water partition coefficient (Wildman–Crippen LogP) is 1.50. The lowest BCUT2D eigenvalue weighted by molar-refractivity contribution is -0.154. The maximum absolute atomic E-state index is 11.6. The number of carbonyl (C=O) groups excluding carboxylic acids is 1. The molecule has 1 N–H and O–H groups in total. The molecule has 0 unspecified atom stereocenters. The summed E-state index contributed by atoms with van der Waals surface area (Å²) in [7, 11) is 0. The molecule has 2 rings (SSSR count). The number of likely N-dealkylation sites (tertiary alicyclic amines) is 1. The van der Waals surface area contributed by atoms with Crippen molar-refractivity contribution in [1.29, 1.82) is 0 Å². The molecule has 0 amide bonds. The van der Waals surface area contributed by atoms with E-state index in [9.17, 15) is 4.79 Å². The van der Waals surface area contributed by atoms with Gasteiger partial charge in [0.05, 0.1) is 12.2 Å². The molecule has 17 heavy (non-hydrogen) atoms. The fourth-order valence-corrected chi connectivity index (χ4v) is 2.48. The summed E-state index contributed by atoms with van der Waals surface area (Å²) in [5.41, 5.74) is -0.267. The third kappa shape index (κ3) is 3.42. The van der Waals surface area contributed by atoms with Gasteiger partial charge in [-0.25, -0.2) is 0 Å². The number of hydrogen-bond donors (Lipinski definition) is 1. The minimum atomic E-state index is -0.386. The highest BCUT2D eigenvalue weighted by molar-refractivity contribution is 5.72. The Labute approximate surface area is 104 Å². The topological polar surface area (TPSA) is 41.6 Å². The standard InChI is InChI=1S/C13H24N2O2/c1-12(2,3)17-11(16)10-14-13(6-7-13)15-8-4-5-9-15/h14H,4-10H2,1-3H3. The van der Waals surface area contributed by atoms with Gasteiger partial charge < -0.3 is 4.74 Å². The molecule has 4 nitrogen and oxygen atoms in total. The minimum Gasteiger partial charge on any atom is -0.459 e. The van der Waals surface area contributed by atoms with Crippen LogP contribution in [0.25, 0.3) is 0 Å². The second-order valence-corrected chi connectivity index (χ2v) is 6.17. The van der Waals surface area contributed by atoms with Crippen molar-refractivity contribution >= 4 is 5.97 Å². The van der Waals surface area contributed by atoms with Crippen molar-refractivity contribution in [3.05, 3.63) is 0 Å². The monoisotopic (exact) mass is 240 g/mol. The van der Waals surface area contributed by atoms with E-state index in [0.29, 0.717) is 6.54 Å². The van der Waals surface area contributed by atoms with Gasteiger partial charge in [-0.15, -0.1) is 0 Å². The molecular weight excluding hydrogens is 216 g/mol. The van der Waals surface area contributed by atoms with Gasteiger partial charge in [0.15, 0.2) is 0 Å². The van der Waals surface area contributed by atoms with Crippen LogP contribution in [0.3, 0.4) is 0 Å². The summed E-state index contributed by atoms with van der Waals surface area (Å²) < 4.78 is 5.30. The van der Waals surface area contributed by atoms with Crippen molar-refractivity contribution in [2.45, 2.75) is 57.7 Å². The van der Waals surface area contributed by atoms with Crippen LogP contribution in [0.2, 0.25) is 0 Å². The van der Waals surface area contributed by atoms with Gasteiger partial charge in [-0.1, -0.05) is 0 Å². The molecule has 1 aliphatic heterocycles. The van der Waals surface area contributed by atoms with Crippen LogP contribution in [0.5, 0.6) is 0 Å². The number of nitrogens with zero attached hydrogens (tertiary/aromatic N) is 1. The summed E-state index contributed by atoms with van der Waals surface area (Å²) >= 11 is 0. The highest BCUT2D eigenvalue weighted by Crippen LogP contribution is 2.40. The summed E-state index contributed by atoms with van der Waals surface area (Å²) in [5.74, 6) is -0.150. The van der Waals surface area contributed by atoms with Gasteiger partial charge in [0, 0.05) is 0 Å². The Hall–Kier alpha value is -0.610. The van der Waals surface area contributed by atoms with E-state index in [2.05, 4.69) is 10.2 Å². The van der Waals surface area contributed by atoms with Crippen molar-refractivity contribution in [1.82, 2.24) is 10.2 Å². The van der Waals surface area contributed by atoms with Gasteiger partial charge >= 0.3 is 5.97 Å². The number of rotatable bonds is 4. The van der Waals surface area contributed by atoms with Gasteiger partial charge in [0.25, 0.3) is 0 Å². The SMILES string of the molecule is CC(C)(C)OC(=O)CNC1(N2CCCC2)CC1. The fraction of sp³-hybridized carbons (Fsp3) is 0.923. The Morgan fingerprint density at radius 3 is 2.35 bits per heavy atom. The first-order valence-corrected chi connectivity index (χ1v) is 6.63. The van der Waals surface area contributed by atoms with E-state index in [4.69, 9.17) is 4.74 Å². The molecular formula is C13H24N2O2. The fourth-order valence-electron chi connectivity index (χ4n) is 2.48. The van der Waals surface area contributed by atoms with E-state index in [1.807, 2.05) is 20.8 Å². The minimum absolute atomic E-state index is 0.118. The molecule has 0 radical (unpaired) electrons. The van der Waals surface area contributed by atoms with Crippen LogP contribution in [0, 0.1) is 0 Å². The van der Waals surface area contributed by atoms with E-state index >= 15 is 0 Å². The number of ether oxygens (including phenoxy) is 1. The number of carbonyl (C=O) groups is 1. The zero-order valence-electron chi connectivity index (χ0n) is 11.2. The van der Waals surface area contributed by atoms with Crippen LogP contribution in [-0.4, -0.2) is 41.8 Å². The zero-order chi connectivity index (χ0) is 12.5. The number of esters is 1. The summed E-state index contributed by atoms with van der Waals surface area (Å²) in [6.07, 6.45) is 4.90. The van der Waals surface area contributed by atoms with Crippen LogP contribution in [0.4, 0.5) is 0 Å². The van der Waals surface area contributed by atoms with E-state index in [-0.39, 0.29) is 17.2 Å². The molecule has 0 atom stereocenters. The molecule has 2 fully saturated rings. The van der Waals surface area contributed by atoms with Gasteiger partial charge in [-0.2, -0.15) is 0 Å². The summed E-state index contributed by atoms with van der Waals surface area (Å²) in [4.78, 5) is 14.1. The van der Waals surface area contributed by atoms with Crippen molar-refractivity contribution in [3.8, 4) is 0 Å². The molecule has 2 aliphatic rings. The normalized spacial score (nSPS) is 23.7. The van der Waals surface area contributed by atoms with Gasteiger partial charge in [0.1, 0.15) is 5.60 Å². The average Bonchev–Trinajstić information content (AvgIpc) is 2.78. The first kappa shape index (κ1) is 12.8. The van der Waals surface area contributed by atoms with Crippen molar-refractivity contribution in [2.24, 2.45) is 0 Å². The van der Waals surface area contributed by atoms with Crippen LogP contribution < -0.4 is 5.32 Å². The summed E-state index contributed by atoms with van der Waals surface area (Å²) in [5, 5.41) is 3.39. The molecule has 0 spiro atoms. The Balaban J connectivity index is 1.76. The highest BCUT2D eigenvalue weighted by atomic mass is 16.6. The molecule has 1 heterocycles. The van der Waals surface area contributed by atoms with Crippen LogP contribution in [0.1, 0.15) is 46.5 Å². The third-order valence-corrected chi connectivity index (χ3v) is 3.42. The second kappa shape index (κ2) is 4.58. The second-order valence-electron chi connectivity index (χ2n) is 6.17. The molecule has 1 aliphatic carbocycles. The van der Waals surface area contributed by atoms with Crippen molar-refractivity contribution in [3.63, 3.8) is 0 Å². The maximum Gasteiger partial charge on any atom is 0.320 e. The summed E-state index contributed by atoms with van der Waals surface area (Å²) in [6.45, 7) is 8.37. The average molecular weight is 240 g/mol. The lowest BCUT2D eigenvalue weighted by Crippen LogP contribution is -2.49. The predicted molar refractivity (Wildman–Crippen MR) is 66.6 cm³/mol. The van der Waals surface area contributed by atoms with Gasteiger partial charge in [-0.05, 0) is 59.5 Å². The van der Waals surface area contributed by atoms with E-state index < -0.39 is 0 Å². The molecule has 98 valence electrons. The molecule has 0 aromatic carbocycles. The molecule has 0 aromatic heterocycles. The molecule has 0 aromatic rings. The first-order chi connectivity index (χ1) is 7.91. The highest BCUT2D eigenvalue weighted by Gasteiger charge is 2.48. The van der Waals surface area contributed by atoms with Gasteiger partial charge in [-0.3, -0.25) is 15.0 Å². The third-order valence-electron chi connectivity index (χ3n) is 3.42. The lowest BCUT2D eigenvalue weighted by atomic mass is 10.2. The molecule has 0 bridgehead atoms. The first-order valence-electron chi connectivity index (χ1n) is 6.63. The Morgan fingerprint density at radius 1 is 1.29 bits per heavy atom. The largest absolute Gasteiger partial charge is 0.459 e. The quantitative estimate of drug-likeness (QED) is 0.756. The van der Waals surface area contributed by atoms with Crippen LogP contribution in [0.15, 0.2) is 0 Å². The van der Waals surface area contributed by atoms with Crippen molar-refractivity contribution in [2.75, 3.05) is 19.6 Å². The van der Waals surface area contributed by atoms with E-state index in [1.54, 1.807) is 0 Å². The van der Waals surface area contributed by atoms with Crippen LogP contribution >= 0.6 is 0 Å². The summed E-state index contributed by atoms with van der Waals surface area (Å²) in [6, 6.07) is 0. The molecule has 4 heteroatoms. The zero-order valence-corrected chi connectivity index (χ0v) is 11.2. The van der Waals surface area contributed by atoms with Gasteiger partial charge in [0.2, 0.25) is 0 Å². The maximum atomic E-state index is 11.6. The van der Waals surface area contributed by atoms with Crippen molar-refractivity contribution < 1.29 is 9.53 Å². The smallest absolute Gasteiger partial charge is 0.320 e. The Kier molecular flexibility index (Phi) is 3.46. The van der Waals surface area contributed by atoms with E-state index in [1.165, 1.54) is 25.9 Å². The van der Waals surface area contributed by atoms with E-state index in [0.717, 1.165) is 12.8 Å². The molecule has 1 saturated heterocycles.